The van der Waals surface area contributed by atoms with Gasteiger partial charge in [0.2, 0.25) is 10.0 Å². The Bertz CT molecular complexity index is 566. The van der Waals surface area contributed by atoms with Crippen molar-refractivity contribution in [2.45, 2.75) is 29.9 Å². The van der Waals surface area contributed by atoms with Crippen LogP contribution in [-0.2, 0) is 10.0 Å². The van der Waals surface area contributed by atoms with Gasteiger partial charge < -0.3 is 16.2 Å². The summed E-state index contributed by atoms with van der Waals surface area (Å²) < 4.78 is 25.0. The fourth-order valence-electron chi connectivity index (χ4n) is 1.97. The van der Waals surface area contributed by atoms with E-state index in [0.29, 0.717) is 24.2 Å². The van der Waals surface area contributed by atoms with Gasteiger partial charge in [-0.3, -0.25) is 0 Å². The lowest BCUT2D eigenvalue weighted by atomic mass is 9.89. The Labute approximate surface area is 113 Å². The summed E-state index contributed by atoms with van der Waals surface area (Å²) in [4.78, 5) is 0.175. The average Bonchev–Trinajstić information content (AvgIpc) is 2.29. The molecule has 1 aliphatic rings. The van der Waals surface area contributed by atoms with Crippen molar-refractivity contribution in [3.63, 3.8) is 0 Å². The summed E-state index contributed by atoms with van der Waals surface area (Å²) in [5.41, 5.74) is 6.97. The number of benzene rings is 1. The highest BCUT2D eigenvalue weighted by Gasteiger charge is 2.27. The number of aliphatic hydroxyl groups is 1. The second-order valence-corrected chi connectivity index (χ2v) is 7.15. The summed E-state index contributed by atoms with van der Waals surface area (Å²) in [5.74, 6) is 0. The molecule has 0 bridgehead atoms. The molecular formula is C12H19N3O3S. The Hall–Kier alpha value is -1.31. The Kier molecular flexibility index (Phi) is 3.71. The van der Waals surface area contributed by atoms with Crippen LogP contribution in [0.1, 0.15) is 12.8 Å². The molecule has 0 amide bonds. The fourth-order valence-corrected chi connectivity index (χ4v) is 2.91. The van der Waals surface area contributed by atoms with Gasteiger partial charge in [0, 0.05) is 20.1 Å². The molecule has 1 fully saturated rings. The molecule has 1 aliphatic carbocycles. The zero-order valence-corrected chi connectivity index (χ0v) is 11.8. The number of nitrogens with one attached hydrogen (secondary N) is 1. The maximum absolute atomic E-state index is 11.9. The van der Waals surface area contributed by atoms with Gasteiger partial charge >= 0.3 is 0 Å². The van der Waals surface area contributed by atoms with Gasteiger partial charge in [0.25, 0.3) is 0 Å². The first kappa shape index (κ1) is 14.1. The van der Waals surface area contributed by atoms with E-state index in [9.17, 15) is 13.5 Å². The first-order valence-electron chi connectivity index (χ1n) is 6.07. The van der Waals surface area contributed by atoms with E-state index in [-0.39, 0.29) is 17.0 Å². The van der Waals surface area contributed by atoms with E-state index < -0.39 is 10.0 Å². The van der Waals surface area contributed by atoms with Crippen LogP contribution in [0, 0.1) is 0 Å². The summed E-state index contributed by atoms with van der Waals surface area (Å²) in [7, 11) is -0.500. The second-order valence-electron chi connectivity index (χ2n) is 5.00. The number of hydrogen-bond acceptors (Lipinski definition) is 5. The Morgan fingerprint density at radius 1 is 1.37 bits per heavy atom. The van der Waals surface area contributed by atoms with Crippen molar-refractivity contribution in [2.24, 2.45) is 0 Å². The quantitative estimate of drug-likeness (QED) is 0.698. The van der Waals surface area contributed by atoms with Crippen LogP contribution < -0.4 is 11.1 Å². The number of nitrogens with zero attached hydrogens (tertiary/aromatic N) is 1. The zero-order valence-electron chi connectivity index (χ0n) is 11.0. The van der Waals surface area contributed by atoms with Gasteiger partial charge in [0.15, 0.2) is 0 Å². The van der Waals surface area contributed by atoms with E-state index in [2.05, 4.69) is 5.32 Å². The smallest absolute Gasteiger partial charge is 0.242 e. The fraction of sp³-hybridized carbons (Fsp3) is 0.500. The van der Waals surface area contributed by atoms with Crippen LogP contribution in [0.2, 0.25) is 0 Å². The zero-order chi connectivity index (χ0) is 14.2. The summed E-state index contributed by atoms with van der Waals surface area (Å²) >= 11 is 0. The van der Waals surface area contributed by atoms with E-state index in [1.54, 1.807) is 6.07 Å². The lowest BCUT2D eigenvalue weighted by Crippen LogP contribution is -2.39. The number of aliphatic hydroxyl groups excluding tert-OH is 1. The van der Waals surface area contributed by atoms with E-state index in [1.807, 2.05) is 0 Å². The molecule has 4 N–H and O–H groups in total. The number of nitrogen functional groups attached to an aromatic ring is 1. The first-order valence-corrected chi connectivity index (χ1v) is 7.51. The van der Waals surface area contributed by atoms with Crippen molar-refractivity contribution in [1.82, 2.24) is 4.31 Å². The number of anilines is 2. The van der Waals surface area contributed by atoms with Gasteiger partial charge in [-0.25, -0.2) is 12.7 Å². The van der Waals surface area contributed by atoms with Crippen LogP contribution >= 0.6 is 0 Å². The molecule has 1 aromatic carbocycles. The predicted molar refractivity (Wildman–Crippen MR) is 74.4 cm³/mol. The maximum Gasteiger partial charge on any atom is 0.242 e. The van der Waals surface area contributed by atoms with Gasteiger partial charge in [-0.15, -0.1) is 0 Å². The third kappa shape index (κ3) is 2.83. The molecule has 1 saturated carbocycles. The minimum Gasteiger partial charge on any atom is -0.397 e. The van der Waals surface area contributed by atoms with Crippen LogP contribution in [0.15, 0.2) is 23.1 Å². The normalized spacial score (nSPS) is 23.2. The largest absolute Gasteiger partial charge is 0.397 e. The summed E-state index contributed by atoms with van der Waals surface area (Å²) in [6.07, 6.45) is 1.14. The minimum atomic E-state index is -3.46. The van der Waals surface area contributed by atoms with E-state index in [0.717, 1.165) is 4.31 Å². The van der Waals surface area contributed by atoms with Crippen molar-refractivity contribution < 1.29 is 13.5 Å². The number of nitrogens with two attached hydrogens (primary N) is 1. The first-order chi connectivity index (χ1) is 8.80. The molecule has 0 atom stereocenters. The van der Waals surface area contributed by atoms with Gasteiger partial charge in [-0.2, -0.15) is 0 Å². The highest BCUT2D eigenvalue weighted by atomic mass is 32.2. The molecule has 1 aromatic rings. The molecule has 0 radical (unpaired) electrons. The molecule has 106 valence electrons. The monoisotopic (exact) mass is 285 g/mol. The molecule has 19 heavy (non-hydrogen) atoms. The molecule has 6 nitrogen and oxygen atoms in total. The minimum absolute atomic E-state index is 0.175. The number of rotatable bonds is 4. The highest BCUT2D eigenvalue weighted by Crippen LogP contribution is 2.29. The van der Waals surface area contributed by atoms with Gasteiger partial charge in [-0.05, 0) is 31.0 Å². The lowest BCUT2D eigenvalue weighted by Gasteiger charge is -2.33. The van der Waals surface area contributed by atoms with E-state index in [4.69, 9.17) is 5.73 Å². The van der Waals surface area contributed by atoms with E-state index in [1.165, 1.54) is 26.2 Å². The topological polar surface area (TPSA) is 95.7 Å². The third-order valence-corrected chi connectivity index (χ3v) is 5.09. The lowest BCUT2D eigenvalue weighted by molar-refractivity contribution is 0.0837. The van der Waals surface area contributed by atoms with Crippen molar-refractivity contribution in [2.75, 3.05) is 25.1 Å². The molecule has 2 rings (SSSR count). The van der Waals surface area contributed by atoms with Crippen molar-refractivity contribution in [3.8, 4) is 0 Å². The average molecular weight is 285 g/mol. The van der Waals surface area contributed by atoms with Crippen molar-refractivity contribution >= 4 is 21.4 Å². The van der Waals surface area contributed by atoms with Crippen LogP contribution in [0.5, 0.6) is 0 Å². The molecule has 0 aliphatic heterocycles. The summed E-state index contributed by atoms with van der Waals surface area (Å²) in [6.45, 7) is 0. The van der Waals surface area contributed by atoms with Gasteiger partial charge in [0.05, 0.1) is 22.4 Å². The Balaban J connectivity index is 2.18. The van der Waals surface area contributed by atoms with Crippen LogP contribution in [0.4, 0.5) is 11.4 Å². The van der Waals surface area contributed by atoms with Crippen LogP contribution in [-0.4, -0.2) is 44.1 Å². The maximum atomic E-state index is 11.9. The van der Waals surface area contributed by atoms with Gasteiger partial charge in [0.1, 0.15) is 0 Å². The summed E-state index contributed by atoms with van der Waals surface area (Å²) in [5, 5.41) is 12.4. The van der Waals surface area contributed by atoms with Crippen molar-refractivity contribution in [3.05, 3.63) is 18.2 Å². The second kappa shape index (κ2) is 4.99. The summed E-state index contributed by atoms with van der Waals surface area (Å²) in [6, 6.07) is 4.85. The SMILES string of the molecule is CN(C)S(=O)(=O)c1ccc(NC2CC(O)C2)c(N)c1. The molecule has 0 heterocycles. The van der Waals surface area contributed by atoms with E-state index >= 15 is 0 Å². The molecule has 0 spiro atoms. The number of hydrogen-bond donors (Lipinski definition) is 3. The molecule has 0 unspecified atom stereocenters. The van der Waals surface area contributed by atoms with Crippen LogP contribution in [0.25, 0.3) is 0 Å². The molecular weight excluding hydrogens is 266 g/mol. The molecule has 0 aromatic heterocycles. The third-order valence-electron chi connectivity index (χ3n) is 3.27. The van der Waals surface area contributed by atoms with Crippen molar-refractivity contribution in [1.29, 1.82) is 0 Å². The Morgan fingerprint density at radius 2 is 2.00 bits per heavy atom. The predicted octanol–water partition coefficient (Wildman–Crippen LogP) is 0.454. The molecule has 7 heteroatoms. The molecule has 0 saturated heterocycles. The Morgan fingerprint density at radius 3 is 2.47 bits per heavy atom. The van der Waals surface area contributed by atoms with Gasteiger partial charge in [-0.1, -0.05) is 0 Å². The standard InChI is InChI=1S/C12H19N3O3S/c1-15(2)19(17,18)10-3-4-12(11(13)7-10)14-8-5-9(16)6-8/h3-4,7-9,14,16H,5-6,13H2,1-2H3. The highest BCUT2D eigenvalue weighted by molar-refractivity contribution is 7.89. The van der Waals surface area contributed by atoms with Crippen LogP contribution in [0.3, 0.4) is 0 Å². The number of sulfonamides is 1.